The lowest BCUT2D eigenvalue weighted by atomic mass is 9.99. The molecule has 0 aliphatic rings. The van der Waals surface area contributed by atoms with E-state index in [1.165, 1.54) is 17.3 Å². The molecule has 30 heavy (non-hydrogen) atoms. The van der Waals surface area contributed by atoms with Gasteiger partial charge in [-0.2, -0.15) is 0 Å². The summed E-state index contributed by atoms with van der Waals surface area (Å²) in [6.45, 7) is 8.62. The van der Waals surface area contributed by atoms with Crippen LogP contribution in [0.1, 0.15) is 40.4 Å². The molecular weight excluding hydrogens is 396 g/mol. The average molecular weight is 421 g/mol. The Bertz CT molecular complexity index is 1340. The topological polar surface area (TPSA) is 69.3 Å². The molecule has 0 saturated heterocycles. The van der Waals surface area contributed by atoms with E-state index < -0.39 is 0 Å². The Morgan fingerprint density at radius 1 is 1.03 bits per heavy atom. The summed E-state index contributed by atoms with van der Waals surface area (Å²) in [6.07, 6.45) is 0.813. The van der Waals surface area contributed by atoms with Gasteiger partial charge in [0.05, 0.1) is 16.7 Å². The molecule has 4 rings (SSSR count). The van der Waals surface area contributed by atoms with Crippen LogP contribution in [0, 0.1) is 20.8 Å². The average Bonchev–Trinajstić information content (AvgIpc) is 3.16. The number of aryl methyl sites for hydroxylation is 4. The Morgan fingerprint density at radius 2 is 1.77 bits per heavy atom. The van der Waals surface area contributed by atoms with Crippen molar-refractivity contribution in [2.45, 2.75) is 45.8 Å². The minimum absolute atomic E-state index is 0.0588. The van der Waals surface area contributed by atoms with Crippen molar-refractivity contribution in [3.8, 4) is 0 Å². The summed E-state index contributed by atoms with van der Waals surface area (Å²) in [4.78, 5) is 25.8. The second kappa shape index (κ2) is 8.07. The molecule has 6 nitrogen and oxygen atoms in total. The number of carbonyl (C=O) groups is 1. The molecule has 0 N–H and O–H groups in total. The second-order valence-electron chi connectivity index (χ2n) is 7.56. The monoisotopic (exact) mass is 420 g/mol. The SMILES string of the molecule is CCCn1c(=O)c2ccccc2n2c(SCC(=O)c3cc(C)c(C)cc3C)nnc12. The number of para-hydroxylation sites is 1. The van der Waals surface area contributed by atoms with Gasteiger partial charge in [-0.15, -0.1) is 10.2 Å². The zero-order valence-electron chi connectivity index (χ0n) is 17.6. The number of rotatable bonds is 6. The summed E-state index contributed by atoms with van der Waals surface area (Å²) in [5, 5.41) is 9.83. The van der Waals surface area contributed by atoms with Gasteiger partial charge in [0.15, 0.2) is 10.9 Å². The van der Waals surface area contributed by atoms with Gasteiger partial charge in [0.25, 0.3) is 5.56 Å². The molecule has 0 unspecified atom stereocenters. The summed E-state index contributed by atoms with van der Waals surface area (Å²) < 4.78 is 3.55. The summed E-state index contributed by atoms with van der Waals surface area (Å²) >= 11 is 1.35. The third-order valence-corrected chi connectivity index (χ3v) is 6.33. The lowest BCUT2D eigenvalue weighted by molar-refractivity contribution is 0.102. The first kappa shape index (κ1) is 20.3. The fraction of sp³-hybridized carbons (Fsp3) is 0.304. The molecule has 4 aromatic rings. The Labute approximate surface area is 178 Å². The number of ketones is 1. The molecule has 2 aromatic heterocycles. The van der Waals surface area contributed by atoms with Crippen molar-refractivity contribution in [3.63, 3.8) is 0 Å². The third kappa shape index (κ3) is 3.43. The predicted molar refractivity (Wildman–Crippen MR) is 121 cm³/mol. The smallest absolute Gasteiger partial charge is 0.262 e. The number of benzene rings is 2. The van der Waals surface area contributed by atoms with E-state index in [-0.39, 0.29) is 17.1 Å². The second-order valence-corrected chi connectivity index (χ2v) is 8.50. The van der Waals surface area contributed by atoms with Crippen molar-refractivity contribution < 1.29 is 4.79 Å². The first-order valence-electron chi connectivity index (χ1n) is 10.0. The standard InChI is InChI=1S/C23H24N4O2S/c1-5-10-26-21(29)17-8-6-7-9-19(17)27-22(26)24-25-23(27)30-13-20(28)18-12-15(3)14(2)11-16(18)4/h6-9,11-12H,5,10,13H2,1-4H3. The van der Waals surface area contributed by atoms with E-state index in [4.69, 9.17) is 0 Å². The number of thioether (sulfide) groups is 1. The first-order chi connectivity index (χ1) is 14.4. The molecule has 0 saturated carbocycles. The molecule has 0 aliphatic carbocycles. The third-order valence-electron chi connectivity index (χ3n) is 5.40. The van der Waals surface area contributed by atoms with Gasteiger partial charge >= 0.3 is 0 Å². The Kier molecular flexibility index (Phi) is 5.47. The molecule has 0 spiro atoms. The highest BCUT2D eigenvalue weighted by Crippen LogP contribution is 2.24. The maximum atomic E-state index is 12.9. The molecule has 0 atom stereocenters. The van der Waals surface area contributed by atoms with Crippen LogP contribution in [0.25, 0.3) is 16.7 Å². The molecule has 7 heteroatoms. The van der Waals surface area contributed by atoms with Gasteiger partial charge in [-0.25, -0.2) is 0 Å². The summed E-state index contributed by atoms with van der Waals surface area (Å²) in [5.41, 5.74) is 4.71. The number of fused-ring (bicyclic) bond motifs is 3. The van der Waals surface area contributed by atoms with E-state index in [1.807, 2.05) is 55.5 Å². The van der Waals surface area contributed by atoms with Crippen LogP contribution in [0.2, 0.25) is 0 Å². The number of carbonyl (C=O) groups excluding carboxylic acids is 1. The van der Waals surface area contributed by atoms with Gasteiger partial charge in [-0.3, -0.25) is 18.6 Å². The van der Waals surface area contributed by atoms with E-state index in [0.29, 0.717) is 22.9 Å². The van der Waals surface area contributed by atoms with Crippen molar-refractivity contribution in [1.29, 1.82) is 0 Å². The van der Waals surface area contributed by atoms with Gasteiger partial charge in [0.1, 0.15) is 0 Å². The maximum absolute atomic E-state index is 12.9. The van der Waals surface area contributed by atoms with Gasteiger partial charge in [-0.1, -0.05) is 36.9 Å². The van der Waals surface area contributed by atoms with E-state index in [0.717, 1.165) is 28.6 Å². The first-order valence-corrected chi connectivity index (χ1v) is 11.0. The fourth-order valence-electron chi connectivity index (χ4n) is 3.72. The van der Waals surface area contributed by atoms with Crippen molar-refractivity contribution in [1.82, 2.24) is 19.2 Å². The van der Waals surface area contributed by atoms with E-state index >= 15 is 0 Å². The molecule has 0 aliphatic heterocycles. The van der Waals surface area contributed by atoms with Gasteiger partial charge in [-0.05, 0) is 62.1 Å². The number of Topliss-reactive ketones (excluding diaryl/α,β-unsaturated/α-hetero) is 1. The van der Waals surface area contributed by atoms with Gasteiger partial charge < -0.3 is 0 Å². The van der Waals surface area contributed by atoms with Crippen LogP contribution < -0.4 is 5.56 Å². The Balaban J connectivity index is 1.75. The van der Waals surface area contributed by atoms with Gasteiger partial charge in [0.2, 0.25) is 5.78 Å². The van der Waals surface area contributed by atoms with E-state index in [2.05, 4.69) is 23.2 Å². The van der Waals surface area contributed by atoms with E-state index in [1.54, 1.807) is 4.57 Å². The molecule has 0 amide bonds. The lowest BCUT2D eigenvalue weighted by Gasteiger charge is -2.11. The van der Waals surface area contributed by atoms with Crippen LogP contribution in [-0.4, -0.2) is 30.7 Å². The van der Waals surface area contributed by atoms with Crippen molar-refractivity contribution in [2.24, 2.45) is 0 Å². The van der Waals surface area contributed by atoms with Crippen molar-refractivity contribution in [2.75, 3.05) is 5.75 Å². The Hall–Kier alpha value is -2.93. The number of hydrogen-bond donors (Lipinski definition) is 0. The molecule has 2 heterocycles. The summed E-state index contributed by atoms with van der Waals surface area (Å²) in [7, 11) is 0. The van der Waals surface area contributed by atoms with Crippen LogP contribution >= 0.6 is 11.8 Å². The highest BCUT2D eigenvalue weighted by atomic mass is 32.2. The predicted octanol–water partition coefficient (Wildman–Crippen LogP) is 4.35. The largest absolute Gasteiger partial charge is 0.293 e. The van der Waals surface area contributed by atoms with E-state index in [9.17, 15) is 9.59 Å². The molecule has 0 bridgehead atoms. The van der Waals surface area contributed by atoms with Crippen LogP contribution in [0.5, 0.6) is 0 Å². The summed E-state index contributed by atoms with van der Waals surface area (Å²) in [6, 6.07) is 11.5. The van der Waals surface area contributed by atoms with Crippen molar-refractivity contribution in [3.05, 3.63) is 69.0 Å². The number of nitrogens with zero attached hydrogens (tertiary/aromatic N) is 4. The highest BCUT2D eigenvalue weighted by molar-refractivity contribution is 7.99. The number of hydrogen-bond acceptors (Lipinski definition) is 5. The zero-order valence-corrected chi connectivity index (χ0v) is 18.4. The highest BCUT2D eigenvalue weighted by Gasteiger charge is 2.18. The Morgan fingerprint density at radius 3 is 2.53 bits per heavy atom. The minimum Gasteiger partial charge on any atom is -0.293 e. The molecule has 0 radical (unpaired) electrons. The van der Waals surface area contributed by atoms with Crippen LogP contribution in [-0.2, 0) is 6.54 Å². The normalized spacial score (nSPS) is 11.5. The van der Waals surface area contributed by atoms with Crippen LogP contribution in [0.3, 0.4) is 0 Å². The number of aromatic nitrogens is 4. The molecular formula is C23H24N4O2S. The maximum Gasteiger partial charge on any atom is 0.262 e. The van der Waals surface area contributed by atoms with Crippen LogP contribution in [0.15, 0.2) is 46.3 Å². The van der Waals surface area contributed by atoms with Crippen molar-refractivity contribution >= 4 is 34.2 Å². The van der Waals surface area contributed by atoms with Gasteiger partial charge in [0, 0.05) is 12.1 Å². The van der Waals surface area contributed by atoms with Crippen LogP contribution in [0.4, 0.5) is 0 Å². The zero-order chi connectivity index (χ0) is 21.4. The quantitative estimate of drug-likeness (QED) is 0.343. The lowest BCUT2D eigenvalue weighted by Crippen LogP contribution is -2.23. The molecule has 0 fully saturated rings. The minimum atomic E-state index is -0.0641. The molecule has 154 valence electrons. The summed E-state index contributed by atoms with van der Waals surface area (Å²) in [5.74, 6) is 0.826. The molecule has 2 aromatic carbocycles. The fourth-order valence-corrected chi connectivity index (χ4v) is 4.54.